The maximum Gasteiger partial charge on any atom is 0.230 e. The van der Waals surface area contributed by atoms with Crippen molar-refractivity contribution in [3.05, 3.63) is 18.1 Å². The van der Waals surface area contributed by atoms with Crippen molar-refractivity contribution in [1.29, 1.82) is 0 Å². The lowest BCUT2D eigenvalue weighted by molar-refractivity contribution is -0.119. The van der Waals surface area contributed by atoms with Gasteiger partial charge in [-0.15, -0.1) is 10.2 Å². The van der Waals surface area contributed by atoms with Crippen LogP contribution in [0, 0.1) is 6.92 Å². The Morgan fingerprint density at radius 1 is 1.35 bits per heavy atom. The second-order valence-electron chi connectivity index (χ2n) is 6.96. The Bertz CT molecular complexity index is 776. The molecule has 2 aliphatic rings. The van der Waals surface area contributed by atoms with Gasteiger partial charge in [0.15, 0.2) is 5.82 Å². The van der Waals surface area contributed by atoms with Crippen molar-refractivity contribution in [2.24, 2.45) is 0 Å². The van der Waals surface area contributed by atoms with Gasteiger partial charge in [-0.3, -0.25) is 4.79 Å². The molecule has 1 saturated heterocycles. The first-order valence-electron chi connectivity index (χ1n) is 9.03. The van der Waals surface area contributed by atoms with E-state index in [0.29, 0.717) is 11.0 Å². The first kappa shape index (κ1) is 17.4. The summed E-state index contributed by atoms with van der Waals surface area (Å²) < 4.78 is 6.69. The molecule has 1 amide bonds. The molecule has 1 aliphatic carbocycles. The topological polar surface area (TPSA) is 102 Å². The fraction of sp³-hybridized carbons (Fsp3) is 0.588. The number of hydrogen-bond donors (Lipinski definition) is 2. The highest BCUT2D eigenvalue weighted by atomic mass is 32.2. The third kappa shape index (κ3) is 3.73. The summed E-state index contributed by atoms with van der Waals surface area (Å²) in [7, 11) is 0. The molecule has 1 saturated carbocycles. The number of nitrogens with zero attached hydrogens (tertiary/aromatic N) is 4. The van der Waals surface area contributed by atoms with Crippen LogP contribution in [0.25, 0.3) is 11.4 Å². The summed E-state index contributed by atoms with van der Waals surface area (Å²) in [6.45, 7) is 4.03. The second-order valence-corrected chi connectivity index (χ2v) is 7.91. The van der Waals surface area contributed by atoms with Gasteiger partial charge in [-0.25, -0.2) is 4.68 Å². The Morgan fingerprint density at radius 2 is 2.12 bits per heavy atom. The monoisotopic (exact) mass is 376 g/mol. The zero-order valence-electron chi connectivity index (χ0n) is 14.9. The van der Waals surface area contributed by atoms with Crippen LogP contribution in [-0.4, -0.2) is 56.6 Å². The van der Waals surface area contributed by atoms with Crippen LogP contribution in [0.3, 0.4) is 0 Å². The number of furan rings is 1. The van der Waals surface area contributed by atoms with Crippen molar-refractivity contribution in [1.82, 2.24) is 25.1 Å². The average Bonchev–Trinajstić information content (AvgIpc) is 3.31. The van der Waals surface area contributed by atoms with E-state index in [4.69, 9.17) is 10.3 Å². The number of hydrogen-bond acceptors (Lipinski definition) is 7. The molecule has 0 atom stereocenters. The summed E-state index contributed by atoms with van der Waals surface area (Å²) in [5.41, 5.74) is 0.804. The minimum atomic E-state index is 0.0175. The molecule has 3 heterocycles. The van der Waals surface area contributed by atoms with Crippen molar-refractivity contribution >= 4 is 17.7 Å². The molecule has 4 rings (SSSR count). The standard InChI is InChI=1S/C17H24N6O2S/c1-11-14(6-9-25-11)16-20-21-17(23(16)18)26-10-15(24)19-12-4-7-22(8-5-12)13-2-3-13/h6,9,12-13H,2-5,7-8,10,18H2,1H3,(H,19,24). The fourth-order valence-electron chi connectivity index (χ4n) is 3.42. The predicted molar refractivity (Wildman–Crippen MR) is 99.1 cm³/mol. The van der Waals surface area contributed by atoms with Crippen LogP contribution in [0.2, 0.25) is 0 Å². The predicted octanol–water partition coefficient (Wildman–Crippen LogP) is 1.40. The summed E-state index contributed by atoms with van der Waals surface area (Å²) >= 11 is 1.29. The highest BCUT2D eigenvalue weighted by Crippen LogP contribution is 2.29. The number of amides is 1. The van der Waals surface area contributed by atoms with E-state index in [-0.39, 0.29) is 17.7 Å². The number of carbonyl (C=O) groups excluding carboxylic acids is 1. The number of likely N-dealkylation sites (tertiary alicyclic amines) is 1. The maximum atomic E-state index is 12.3. The molecule has 0 aromatic carbocycles. The molecule has 0 spiro atoms. The number of thioether (sulfide) groups is 1. The first-order chi connectivity index (χ1) is 12.6. The number of aryl methyl sites for hydroxylation is 1. The second kappa shape index (κ2) is 7.32. The molecule has 2 fully saturated rings. The third-order valence-electron chi connectivity index (χ3n) is 5.05. The zero-order chi connectivity index (χ0) is 18.1. The summed E-state index contributed by atoms with van der Waals surface area (Å²) in [5, 5.41) is 11.8. The molecular weight excluding hydrogens is 352 g/mol. The van der Waals surface area contributed by atoms with E-state index in [2.05, 4.69) is 20.4 Å². The summed E-state index contributed by atoms with van der Waals surface area (Å²) in [6, 6.07) is 2.89. The summed E-state index contributed by atoms with van der Waals surface area (Å²) in [5.74, 6) is 7.64. The molecule has 3 N–H and O–H groups in total. The third-order valence-corrected chi connectivity index (χ3v) is 6.00. The molecule has 2 aromatic rings. The Morgan fingerprint density at radius 3 is 2.77 bits per heavy atom. The van der Waals surface area contributed by atoms with Crippen LogP contribution in [0.1, 0.15) is 31.4 Å². The molecule has 140 valence electrons. The van der Waals surface area contributed by atoms with Gasteiger partial charge in [-0.1, -0.05) is 11.8 Å². The smallest absolute Gasteiger partial charge is 0.230 e. The van der Waals surface area contributed by atoms with Crippen LogP contribution in [0.15, 0.2) is 21.9 Å². The average molecular weight is 376 g/mol. The minimum absolute atomic E-state index is 0.0175. The van der Waals surface area contributed by atoms with Crippen LogP contribution in [0.5, 0.6) is 0 Å². The molecule has 2 aromatic heterocycles. The molecule has 0 radical (unpaired) electrons. The van der Waals surface area contributed by atoms with E-state index in [1.807, 2.05) is 6.92 Å². The number of nitrogens with two attached hydrogens (primary N) is 1. The van der Waals surface area contributed by atoms with E-state index in [1.165, 1.54) is 29.3 Å². The van der Waals surface area contributed by atoms with Crippen molar-refractivity contribution in [2.75, 3.05) is 24.7 Å². The molecule has 26 heavy (non-hydrogen) atoms. The van der Waals surface area contributed by atoms with Gasteiger partial charge in [0.1, 0.15) is 5.76 Å². The number of nitrogen functional groups attached to an aromatic ring is 1. The Kier molecular flexibility index (Phi) is 4.90. The van der Waals surface area contributed by atoms with E-state index < -0.39 is 0 Å². The van der Waals surface area contributed by atoms with E-state index in [0.717, 1.165) is 43.3 Å². The summed E-state index contributed by atoms with van der Waals surface area (Å²) in [4.78, 5) is 14.8. The molecular formula is C17H24N6O2S. The number of aromatic nitrogens is 3. The SMILES string of the molecule is Cc1occc1-c1nnc(SCC(=O)NC2CCN(C3CC3)CC2)n1N. The number of carbonyl (C=O) groups is 1. The molecule has 8 nitrogen and oxygen atoms in total. The first-order valence-corrected chi connectivity index (χ1v) is 10.0. The van der Waals surface area contributed by atoms with Gasteiger partial charge < -0.3 is 20.5 Å². The quantitative estimate of drug-likeness (QED) is 0.580. The Hall–Kier alpha value is -2.00. The van der Waals surface area contributed by atoms with Gasteiger partial charge in [0.2, 0.25) is 11.1 Å². The number of rotatable bonds is 6. The summed E-state index contributed by atoms with van der Waals surface area (Å²) in [6.07, 6.45) is 6.34. The van der Waals surface area contributed by atoms with Crippen LogP contribution < -0.4 is 11.2 Å². The normalized spacial score (nSPS) is 19.0. The lowest BCUT2D eigenvalue weighted by Gasteiger charge is -2.32. The van der Waals surface area contributed by atoms with E-state index >= 15 is 0 Å². The lowest BCUT2D eigenvalue weighted by atomic mass is 10.1. The number of nitrogens with one attached hydrogen (secondary N) is 1. The molecule has 9 heteroatoms. The van der Waals surface area contributed by atoms with Crippen LogP contribution >= 0.6 is 11.8 Å². The van der Waals surface area contributed by atoms with Crippen LogP contribution in [0.4, 0.5) is 0 Å². The van der Waals surface area contributed by atoms with Crippen molar-refractivity contribution in [2.45, 2.75) is 49.8 Å². The van der Waals surface area contributed by atoms with Crippen LogP contribution in [-0.2, 0) is 4.79 Å². The maximum absolute atomic E-state index is 12.3. The Labute approximate surface area is 156 Å². The largest absolute Gasteiger partial charge is 0.469 e. The lowest BCUT2D eigenvalue weighted by Crippen LogP contribution is -2.45. The molecule has 1 aliphatic heterocycles. The van der Waals surface area contributed by atoms with E-state index in [9.17, 15) is 4.79 Å². The van der Waals surface area contributed by atoms with Gasteiger partial charge in [0.25, 0.3) is 0 Å². The van der Waals surface area contributed by atoms with Crippen molar-refractivity contribution in [3.63, 3.8) is 0 Å². The fourth-order valence-corrected chi connectivity index (χ4v) is 4.09. The highest BCUT2D eigenvalue weighted by Gasteiger charge is 2.32. The van der Waals surface area contributed by atoms with Gasteiger partial charge in [-0.05, 0) is 38.7 Å². The van der Waals surface area contributed by atoms with Crippen molar-refractivity contribution in [3.8, 4) is 11.4 Å². The molecule has 0 bridgehead atoms. The number of piperidine rings is 1. The van der Waals surface area contributed by atoms with E-state index in [1.54, 1.807) is 12.3 Å². The zero-order valence-corrected chi connectivity index (χ0v) is 15.7. The Balaban J connectivity index is 1.27. The highest BCUT2D eigenvalue weighted by molar-refractivity contribution is 7.99. The van der Waals surface area contributed by atoms with Crippen molar-refractivity contribution < 1.29 is 9.21 Å². The van der Waals surface area contributed by atoms with Gasteiger partial charge in [0.05, 0.1) is 17.6 Å². The minimum Gasteiger partial charge on any atom is -0.469 e. The van der Waals surface area contributed by atoms with Gasteiger partial charge in [0, 0.05) is 25.2 Å². The van der Waals surface area contributed by atoms with Gasteiger partial charge >= 0.3 is 0 Å². The molecule has 0 unspecified atom stereocenters. The van der Waals surface area contributed by atoms with Gasteiger partial charge in [-0.2, -0.15) is 0 Å².